The molecule has 0 bridgehead atoms. The van der Waals surface area contributed by atoms with Crippen LogP contribution in [0, 0.1) is 0 Å². The first-order valence-electron chi connectivity index (χ1n) is 8.53. The molecule has 1 aliphatic rings. The Bertz CT molecular complexity index is 997. The van der Waals surface area contributed by atoms with Crippen LogP contribution >= 0.6 is 0 Å². The first kappa shape index (κ1) is 16.8. The third-order valence-electron chi connectivity index (χ3n) is 4.45. The highest BCUT2D eigenvalue weighted by molar-refractivity contribution is 6.03. The van der Waals surface area contributed by atoms with Gasteiger partial charge in [-0.3, -0.25) is 9.59 Å². The molecule has 7 nitrogen and oxygen atoms in total. The molecule has 136 valence electrons. The lowest BCUT2D eigenvalue weighted by molar-refractivity contribution is -0.125. The van der Waals surface area contributed by atoms with Crippen LogP contribution in [0.1, 0.15) is 12.5 Å². The van der Waals surface area contributed by atoms with Crippen molar-refractivity contribution < 1.29 is 14.3 Å². The van der Waals surface area contributed by atoms with Crippen molar-refractivity contribution >= 4 is 23.3 Å². The zero-order valence-electron chi connectivity index (χ0n) is 14.7. The molecule has 0 aliphatic carbocycles. The Morgan fingerprint density at radius 3 is 2.81 bits per heavy atom. The van der Waals surface area contributed by atoms with Crippen molar-refractivity contribution in [3.63, 3.8) is 0 Å². The number of fused-ring (bicyclic) bond motifs is 1. The normalized spacial score (nSPS) is 15.6. The summed E-state index contributed by atoms with van der Waals surface area (Å²) in [4.78, 5) is 25.1. The summed E-state index contributed by atoms with van der Waals surface area (Å²) in [5.74, 6) is 0.650. The molecule has 1 aromatic heterocycles. The van der Waals surface area contributed by atoms with Crippen molar-refractivity contribution in [3.8, 4) is 16.9 Å². The van der Waals surface area contributed by atoms with Gasteiger partial charge < -0.3 is 15.4 Å². The molecule has 2 amide bonds. The van der Waals surface area contributed by atoms with E-state index >= 15 is 0 Å². The molecule has 2 aromatic carbocycles. The molecule has 0 radical (unpaired) electrons. The molecule has 0 saturated heterocycles. The summed E-state index contributed by atoms with van der Waals surface area (Å²) in [6.07, 6.45) is 1.70. The van der Waals surface area contributed by atoms with Gasteiger partial charge in [-0.1, -0.05) is 36.4 Å². The van der Waals surface area contributed by atoms with Crippen LogP contribution in [0.5, 0.6) is 5.75 Å². The second-order valence-electron chi connectivity index (χ2n) is 6.21. The van der Waals surface area contributed by atoms with Crippen molar-refractivity contribution in [2.75, 3.05) is 17.7 Å². The summed E-state index contributed by atoms with van der Waals surface area (Å²) in [6, 6.07) is 16.0. The number of hydrogen-bond donors (Lipinski definition) is 2. The minimum atomic E-state index is -0.725. The molecule has 2 N–H and O–H groups in total. The predicted octanol–water partition coefficient (Wildman–Crippen LogP) is 3.08. The maximum Gasteiger partial charge on any atom is 0.249 e. The number of carbonyl (C=O) groups is 2. The lowest BCUT2D eigenvalue weighted by atomic mass is 10.1. The van der Waals surface area contributed by atoms with Crippen LogP contribution in [-0.4, -0.2) is 28.7 Å². The number of benzene rings is 2. The minimum Gasteiger partial charge on any atom is -0.497 e. The van der Waals surface area contributed by atoms with Crippen molar-refractivity contribution in [2.24, 2.45) is 0 Å². The van der Waals surface area contributed by atoms with E-state index in [9.17, 15) is 9.59 Å². The fraction of sp³-hybridized carbons (Fsp3) is 0.150. The van der Waals surface area contributed by atoms with Crippen LogP contribution in [0.15, 0.2) is 60.8 Å². The third-order valence-corrected chi connectivity index (χ3v) is 4.45. The fourth-order valence-corrected chi connectivity index (χ4v) is 3.13. The highest BCUT2D eigenvalue weighted by atomic mass is 16.5. The van der Waals surface area contributed by atoms with E-state index in [1.54, 1.807) is 42.3 Å². The Labute approximate surface area is 156 Å². The van der Waals surface area contributed by atoms with Crippen LogP contribution in [0.3, 0.4) is 0 Å². The molecule has 4 rings (SSSR count). The van der Waals surface area contributed by atoms with Crippen molar-refractivity contribution in [1.29, 1.82) is 0 Å². The highest BCUT2D eigenvalue weighted by Gasteiger charge is 2.33. The fourth-order valence-electron chi connectivity index (χ4n) is 3.13. The number of amides is 2. The lowest BCUT2D eigenvalue weighted by Crippen LogP contribution is -2.35. The number of aromatic nitrogens is 2. The smallest absolute Gasteiger partial charge is 0.249 e. The number of nitrogens with one attached hydrogen (secondary N) is 2. The third kappa shape index (κ3) is 3.27. The molecule has 1 aliphatic heterocycles. The molecule has 1 unspecified atom stereocenters. The van der Waals surface area contributed by atoms with E-state index < -0.39 is 6.04 Å². The molecule has 2 heterocycles. The summed E-state index contributed by atoms with van der Waals surface area (Å²) in [5.41, 5.74) is 2.30. The number of hydrogen-bond acceptors (Lipinski definition) is 4. The quantitative estimate of drug-likeness (QED) is 0.747. The zero-order chi connectivity index (χ0) is 18.8. The van der Waals surface area contributed by atoms with Gasteiger partial charge in [0.1, 0.15) is 17.6 Å². The van der Waals surface area contributed by atoms with Crippen molar-refractivity contribution in [3.05, 3.63) is 60.8 Å². The largest absolute Gasteiger partial charge is 0.497 e. The number of carbonyl (C=O) groups excluding carboxylic acids is 2. The summed E-state index contributed by atoms with van der Waals surface area (Å²) in [5, 5.41) is 10.0. The summed E-state index contributed by atoms with van der Waals surface area (Å²) < 4.78 is 6.74. The van der Waals surface area contributed by atoms with Crippen LogP contribution in [0.2, 0.25) is 0 Å². The molecule has 0 spiro atoms. The number of rotatable bonds is 4. The van der Waals surface area contributed by atoms with Gasteiger partial charge in [0.25, 0.3) is 0 Å². The Balaban J connectivity index is 1.64. The van der Waals surface area contributed by atoms with E-state index in [2.05, 4.69) is 15.7 Å². The standard InChI is InChI=1S/C20H18N4O3/c1-27-15-9-5-8-14(10-15)22-20(26)17-11-18(25)23-19-16(12-21-24(17)19)13-6-3-2-4-7-13/h2-10,12,17H,11H2,1H3,(H,22,26)(H,23,25). The molecular weight excluding hydrogens is 344 g/mol. The molecule has 7 heteroatoms. The predicted molar refractivity (Wildman–Crippen MR) is 102 cm³/mol. The van der Waals surface area contributed by atoms with Gasteiger partial charge in [-0.15, -0.1) is 0 Å². The molecular formula is C20H18N4O3. The second-order valence-corrected chi connectivity index (χ2v) is 6.21. The van der Waals surface area contributed by atoms with Gasteiger partial charge in [-0.2, -0.15) is 5.10 Å². The van der Waals surface area contributed by atoms with Crippen LogP contribution < -0.4 is 15.4 Å². The SMILES string of the molecule is COc1cccc(NC(=O)C2CC(=O)Nc3c(-c4ccccc4)cnn32)c1. The first-order chi connectivity index (χ1) is 13.2. The average molecular weight is 362 g/mol. The monoisotopic (exact) mass is 362 g/mol. The lowest BCUT2D eigenvalue weighted by Gasteiger charge is -2.24. The van der Waals surface area contributed by atoms with Crippen LogP contribution in [-0.2, 0) is 9.59 Å². The average Bonchev–Trinajstić information content (AvgIpc) is 3.11. The van der Waals surface area contributed by atoms with E-state index in [0.717, 1.165) is 11.1 Å². The molecule has 0 fully saturated rings. The highest BCUT2D eigenvalue weighted by Crippen LogP contribution is 2.34. The second kappa shape index (κ2) is 6.95. The van der Waals surface area contributed by atoms with Gasteiger partial charge in [-0.05, 0) is 17.7 Å². The number of anilines is 2. The Morgan fingerprint density at radius 2 is 2.04 bits per heavy atom. The van der Waals surface area contributed by atoms with Gasteiger partial charge in [0.15, 0.2) is 0 Å². The van der Waals surface area contributed by atoms with Crippen molar-refractivity contribution in [2.45, 2.75) is 12.5 Å². The van der Waals surface area contributed by atoms with E-state index in [1.165, 1.54) is 0 Å². The van der Waals surface area contributed by atoms with Gasteiger partial charge >= 0.3 is 0 Å². The molecule has 27 heavy (non-hydrogen) atoms. The summed E-state index contributed by atoms with van der Waals surface area (Å²) in [7, 11) is 1.56. The van der Waals surface area contributed by atoms with Gasteiger partial charge in [0.05, 0.1) is 19.7 Å². The number of methoxy groups -OCH3 is 1. The first-order valence-corrected chi connectivity index (χ1v) is 8.53. The Kier molecular flexibility index (Phi) is 4.33. The van der Waals surface area contributed by atoms with E-state index in [-0.39, 0.29) is 18.2 Å². The van der Waals surface area contributed by atoms with Crippen LogP contribution in [0.4, 0.5) is 11.5 Å². The minimum absolute atomic E-state index is 0.0265. The Hall–Kier alpha value is -3.61. The topological polar surface area (TPSA) is 85.2 Å². The van der Waals surface area contributed by atoms with Crippen molar-refractivity contribution in [1.82, 2.24) is 9.78 Å². The number of nitrogens with zero attached hydrogens (tertiary/aromatic N) is 2. The molecule has 3 aromatic rings. The Morgan fingerprint density at radius 1 is 1.22 bits per heavy atom. The van der Waals surface area contributed by atoms with E-state index in [4.69, 9.17) is 4.74 Å². The number of ether oxygens (including phenoxy) is 1. The van der Waals surface area contributed by atoms with E-state index in [0.29, 0.717) is 17.3 Å². The molecule has 0 saturated carbocycles. The van der Waals surface area contributed by atoms with Crippen LogP contribution in [0.25, 0.3) is 11.1 Å². The van der Waals surface area contributed by atoms with Gasteiger partial charge in [0.2, 0.25) is 11.8 Å². The van der Waals surface area contributed by atoms with E-state index in [1.807, 2.05) is 30.3 Å². The van der Waals surface area contributed by atoms with Gasteiger partial charge in [-0.25, -0.2) is 4.68 Å². The summed E-state index contributed by atoms with van der Waals surface area (Å²) >= 11 is 0. The molecule has 1 atom stereocenters. The zero-order valence-corrected chi connectivity index (χ0v) is 14.7. The summed E-state index contributed by atoms with van der Waals surface area (Å²) in [6.45, 7) is 0. The maximum atomic E-state index is 12.8. The maximum absolute atomic E-state index is 12.8. The van der Waals surface area contributed by atoms with Gasteiger partial charge in [0, 0.05) is 17.3 Å².